The topological polar surface area (TPSA) is 46.1 Å². The first kappa shape index (κ1) is 15.0. The van der Waals surface area contributed by atoms with Crippen LogP contribution in [0, 0.1) is 18.6 Å². The lowest BCUT2D eigenvalue weighted by Crippen LogP contribution is -2.39. The highest BCUT2D eigenvalue weighted by Gasteiger charge is 2.28. The minimum Gasteiger partial charge on any atom is -0.338 e. The van der Waals surface area contributed by atoms with Crippen LogP contribution in [-0.2, 0) is 0 Å². The Bertz CT molecular complexity index is 704. The van der Waals surface area contributed by atoms with Gasteiger partial charge >= 0.3 is 0 Å². The molecule has 1 aromatic carbocycles. The van der Waals surface area contributed by atoms with Crippen molar-refractivity contribution in [2.24, 2.45) is 0 Å². The van der Waals surface area contributed by atoms with Crippen molar-refractivity contribution in [2.75, 3.05) is 13.1 Å². The average Bonchev–Trinajstić information content (AvgIpc) is 2.93. The zero-order valence-corrected chi connectivity index (χ0v) is 12.9. The molecule has 3 rings (SSSR count). The molecule has 1 amide bonds. The normalized spacial score (nSPS) is 18.5. The van der Waals surface area contributed by atoms with Gasteiger partial charge in [0.2, 0.25) is 0 Å². The highest BCUT2D eigenvalue weighted by atomic mass is 32.1. The Labute approximate surface area is 130 Å². The van der Waals surface area contributed by atoms with Gasteiger partial charge in [0.25, 0.3) is 5.91 Å². The molecule has 1 fully saturated rings. The Morgan fingerprint density at radius 1 is 1.36 bits per heavy atom. The van der Waals surface area contributed by atoms with Crippen LogP contribution in [-0.4, -0.2) is 34.1 Å². The van der Waals surface area contributed by atoms with Gasteiger partial charge in [-0.3, -0.25) is 4.79 Å². The highest BCUT2D eigenvalue weighted by molar-refractivity contribution is 7.11. The number of aromatic nitrogens is 2. The summed E-state index contributed by atoms with van der Waals surface area (Å²) in [7, 11) is 0. The second kappa shape index (κ2) is 6.08. The van der Waals surface area contributed by atoms with Gasteiger partial charge in [0.1, 0.15) is 21.6 Å². The number of hydrogen-bond acceptors (Lipinski definition) is 4. The van der Waals surface area contributed by atoms with Gasteiger partial charge in [-0.2, -0.15) is 0 Å². The summed E-state index contributed by atoms with van der Waals surface area (Å²) < 4.78 is 26.7. The molecule has 2 aromatic rings. The van der Waals surface area contributed by atoms with Crippen LogP contribution in [0.4, 0.5) is 8.78 Å². The Morgan fingerprint density at radius 2 is 2.18 bits per heavy atom. The highest BCUT2D eigenvalue weighted by Crippen LogP contribution is 2.29. The van der Waals surface area contributed by atoms with E-state index in [0.29, 0.717) is 13.1 Å². The molecule has 1 atom stereocenters. The van der Waals surface area contributed by atoms with Gasteiger partial charge in [0.15, 0.2) is 0 Å². The second-order valence-corrected chi connectivity index (χ2v) is 6.59. The van der Waals surface area contributed by atoms with Gasteiger partial charge in [0, 0.05) is 25.1 Å². The summed E-state index contributed by atoms with van der Waals surface area (Å²) in [5.41, 5.74) is -0.0875. The van der Waals surface area contributed by atoms with E-state index in [-0.39, 0.29) is 11.5 Å². The van der Waals surface area contributed by atoms with Crippen LogP contribution >= 0.6 is 11.3 Å². The quantitative estimate of drug-likeness (QED) is 0.853. The van der Waals surface area contributed by atoms with E-state index in [4.69, 9.17) is 0 Å². The summed E-state index contributed by atoms with van der Waals surface area (Å²) in [4.78, 5) is 14.1. The molecule has 1 aliphatic rings. The molecule has 0 aliphatic carbocycles. The third kappa shape index (κ3) is 2.99. The third-order valence-corrected chi connectivity index (χ3v) is 4.76. The summed E-state index contributed by atoms with van der Waals surface area (Å²) in [5, 5.41) is 9.95. The molecule has 7 heteroatoms. The van der Waals surface area contributed by atoms with E-state index < -0.39 is 17.5 Å². The third-order valence-electron chi connectivity index (χ3n) is 3.76. The average molecular weight is 323 g/mol. The largest absolute Gasteiger partial charge is 0.338 e. The van der Waals surface area contributed by atoms with Crippen LogP contribution in [0.15, 0.2) is 18.2 Å². The smallest absolute Gasteiger partial charge is 0.256 e. The molecule has 1 aromatic heterocycles. The molecule has 0 saturated carbocycles. The van der Waals surface area contributed by atoms with Gasteiger partial charge in [0.05, 0.1) is 5.56 Å². The number of carbonyl (C=O) groups excluding carboxylic acids is 1. The zero-order chi connectivity index (χ0) is 15.7. The second-order valence-electron chi connectivity index (χ2n) is 5.37. The first-order valence-electron chi connectivity index (χ1n) is 7.09. The Balaban J connectivity index is 1.78. The number of halogens is 2. The van der Waals surface area contributed by atoms with Crippen molar-refractivity contribution in [3.63, 3.8) is 0 Å². The van der Waals surface area contributed by atoms with E-state index in [0.717, 1.165) is 35.0 Å². The van der Waals surface area contributed by atoms with E-state index in [1.54, 1.807) is 4.90 Å². The first-order valence-corrected chi connectivity index (χ1v) is 7.90. The number of carbonyl (C=O) groups is 1. The molecule has 0 unspecified atom stereocenters. The lowest BCUT2D eigenvalue weighted by atomic mass is 9.98. The van der Waals surface area contributed by atoms with Crippen LogP contribution in [0.25, 0.3) is 0 Å². The Morgan fingerprint density at radius 3 is 2.86 bits per heavy atom. The molecule has 0 radical (unpaired) electrons. The summed E-state index contributed by atoms with van der Waals surface area (Å²) >= 11 is 1.53. The van der Waals surface area contributed by atoms with Crippen molar-refractivity contribution in [1.82, 2.24) is 15.1 Å². The lowest BCUT2D eigenvalue weighted by Gasteiger charge is -2.31. The van der Waals surface area contributed by atoms with Crippen molar-refractivity contribution in [3.05, 3.63) is 45.4 Å². The molecular formula is C15H15F2N3OS. The van der Waals surface area contributed by atoms with Gasteiger partial charge in [-0.1, -0.05) is 0 Å². The lowest BCUT2D eigenvalue weighted by molar-refractivity contribution is 0.0702. The van der Waals surface area contributed by atoms with E-state index in [1.165, 1.54) is 17.4 Å². The summed E-state index contributed by atoms with van der Waals surface area (Å²) in [5.74, 6) is -1.77. The molecular weight excluding hydrogens is 308 g/mol. The molecule has 4 nitrogen and oxygen atoms in total. The first-order chi connectivity index (χ1) is 10.5. The fraction of sp³-hybridized carbons (Fsp3) is 0.400. The fourth-order valence-corrected chi connectivity index (χ4v) is 3.50. The molecule has 22 heavy (non-hydrogen) atoms. The number of piperidine rings is 1. The monoisotopic (exact) mass is 323 g/mol. The predicted octanol–water partition coefficient (Wildman–Crippen LogP) is 3.14. The van der Waals surface area contributed by atoms with E-state index in [2.05, 4.69) is 10.2 Å². The van der Waals surface area contributed by atoms with Crippen molar-refractivity contribution >= 4 is 17.2 Å². The molecule has 2 heterocycles. The number of likely N-dealkylation sites (tertiary alicyclic amines) is 1. The van der Waals surface area contributed by atoms with Crippen LogP contribution < -0.4 is 0 Å². The van der Waals surface area contributed by atoms with Gasteiger partial charge in [-0.05, 0) is 31.9 Å². The maximum atomic E-state index is 13.8. The Hall–Kier alpha value is -1.89. The predicted molar refractivity (Wildman–Crippen MR) is 78.9 cm³/mol. The molecule has 0 bridgehead atoms. The van der Waals surface area contributed by atoms with Crippen LogP contribution in [0.3, 0.4) is 0 Å². The maximum Gasteiger partial charge on any atom is 0.256 e. The van der Waals surface area contributed by atoms with Gasteiger partial charge < -0.3 is 4.90 Å². The summed E-state index contributed by atoms with van der Waals surface area (Å²) in [6.45, 7) is 2.95. The molecule has 1 saturated heterocycles. The number of hydrogen-bond donors (Lipinski definition) is 0. The number of nitrogens with zero attached hydrogens (tertiary/aromatic N) is 3. The summed E-state index contributed by atoms with van der Waals surface area (Å²) in [6.07, 6.45) is 1.77. The number of amides is 1. The van der Waals surface area contributed by atoms with E-state index in [9.17, 15) is 13.6 Å². The maximum absolute atomic E-state index is 13.8. The fourth-order valence-electron chi connectivity index (χ4n) is 2.67. The zero-order valence-electron chi connectivity index (χ0n) is 12.1. The minimum absolute atomic E-state index is 0.0875. The van der Waals surface area contributed by atoms with Gasteiger partial charge in [-0.25, -0.2) is 8.78 Å². The molecule has 116 valence electrons. The molecule has 1 aliphatic heterocycles. The summed E-state index contributed by atoms with van der Waals surface area (Å²) in [6, 6.07) is 3.04. The van der Waals surface area contributed by atoms with Crippen molar-refractivity contribution < 1.29 is 13.6 Å². The van der Waals surface area contributed by atoms with E-state index in [1.807, 2.05) is 6.92 Å². The number of benzene rings is 1. The van der Waals surface area contributed by atoms with Crippen molar-refractivity contribution in [2.45, 2.75) is 25.7 Å². The van der Waals surface area contributed by atoms with Crippen LogP contribution in [0.2, 0.25) is 0 Å². The van der Waals surface area contributed by atoms with Crippen molar-refractivity contribution in [1.29, 1.82) is 0 Å². The standard InChI is InChI=1S/C15H15F2N3OS/c1-9-18-19-14(22-9)10-3-2-6-20(8-10)15(21)12-5-4-11(16)7-13(12)17/h4-5,7,10H,2-3,6,8H2,1H3/t10-/m1/s1. The molecule has 0 spiro atoms. The number of rotatable bonds is 2. The minimum atomic E-state index is -0.820. The van der Waals surface area contributed by atoms with Crippen LogP contribution in [0.1, 0.15) is 39.1 Å². The SMILES string of the molecule is Cc1nnc([C@@H]2CCCN(C(=O)c3ccc(F)cc3F)C2)s1. The molecule has 0 N–H and O–H groups in total. The van der Waals surface area contributed by atoms with Crippen LogP contribution in [0.5, 0.6) is 0 Å². The van der Waals surface area contributed by atoms with E-state index >= 15 is 0 Å². The number of aryl methyl sites for hydroxylation is 1. The van der Waals surface area contributed by atoms with Gasteiger partial charge in [-0.15, -0.1) is 21.5 Å². The van der Waals surface area contributed by atoms with Crippen molar-refractivity contribution in [3.8, 4) is 0 Å². The Kier molecular flexibility index (Phi) is 4.15.